The van der Waals surface area contributed by atoms with E-state index in [1.165, 1.54) is 0 Å². The van der Waals surface area contributed by atoms with Crippen LogP contribution in [0, 0.1) is 0 Å². The van der Waals surface area contributed by atoms with Gasteiger partial charge in [-0.05, 0) is 0 Å². The van der Waals surface area contributed by atoms with E-state index in [-0.39, 0.29) is 30.6 Å². The summed E-state index contributed by atoms with van der Waals surface area (Å²) in [7, 11) is 3.18. The Bertz CT molecular complexity index is 304. The minimum Gasteiger partial charge on any atom is -0.383 e. The second-order valence-corrected chi connectivity index (χ2v) is 4.37. The molecular weight excluding hydrogens is 286 g/mol. The maximum absolute atomic E-state index is 12.1. The first kappa shape index (κ1) is 19.1. The summed E-state index contributed by atoms with van der Waals surface area (Å²) in [5.41, 5.74) is 0. The molecule has 0 spiro atoms. The summed E-state index contributed by atoms with van der Waals surface area (Å²) in [5.74, 6) is -0.179. The van der Waals surface area contributed by atoms with Crippen LogP contribution in [0.2, 0.25) is 0 Å². The molecule has 0 aliphatic carbocycles. The van der Waals surface area contributed by atoms with Gasteiger partial charge in [-0.25, -0.2) is 0 Å². The second-order valence-electron chi connectivity index (χ2n) is 4.37. The Kier molecular flexibility index (Phi) is 10.4. The van der Waals surface area contributed by atoms with Crippen molar-refractivity contribution in [2.45, 2.75) is 12.5 Å². The van der Waals surface area contributed by atoms with Gasteiger partial charge in [0.15, 0.2) is 0 Å². The third-order valence-electron chi connectivity index (χ3n) is 2.97. The van der Waals surface area contributed by atoms with Crippen molar-refractivity contribution in [3.05, 3.63) is 0 Å². The first-order valence-electron chi connectivity index (χ1n) is 6.45. The lowest BCUT2D eigenvalue weighted by Crippen LogP contribution is -2.56. The van der Waals surface area contributed by atoms with Gasteiger partial charge in [0, 0.05) is 40.4 Å². The number of amides is 2. The van der Waals surface area contributed by atoms with Crippen LogP contribution in [0.5, 0.6) is 0 Å². The predicted molar refractivity (Wildman–Crippen MR) is 77.0 cm³/mol. The lowest BCUT2D eigenvalue weighted by Gasteiger charge is -2.32. The maximum Gasteiger partial charge on any atom is 0.240 e. The molecule has 8 heteroatoms. The van der Waals surface area contributed by atoms with Crippen LogP contribution in [0.15, 0.2) is 0 Å². The molecule has 0 bridgehead atoms. The van der Waals surface area contributed by atoms with Crippen molar-refractivity contribution in [1.29, 1.82) is 0 Å². The van der Waals surface area contributed by atoms with Gasteiger partial charge in [-0.2, -0.15) is 0 Å². The summed E-state index contributed by atoms with van der Waals surface area (Å²) in [5, 5.41) is 5.78. The number of hydrogen-bond acceptors (Lipinski definition) is 5. The van der Waals surface area contributed by atoms with Gasteiger partial charge in [-0.3, -0.25) is 9.59 Å². The van der Waals surface area contributed by atoms with Crippen LogP contribution in [0.3, 0.4) is 0 Å². The standard InChI is InChI=1S/C12H23N3O4.ClH/c1-18-7-4-14-11(16)9-10-12(17)15(5-3-13-10)6-8-19-2;/h10,13H,3-9H2,1-2H3,(H,14,16);1H. The molecule has 0 aromatic rings. The molecule has 0 aromatic carbocycles. The van der Waals surface area contributed by atoms with Crippen molar-refractivity contribution >= 4 is 24.2 Å². The van der Waals surface area contributed by atoms with Crippen molar-refractivity contribution < 1.29 is 19.1 Å². The van der Waals surface area contributed by atoms with Crippen molar-refractivity contribution in [3.8, 4) is 0 Å². The molecule has 1 unspecified atom stereocenters. The molecule has 0 aromatic heterocycles. The second kappa shape index (κ2) is 10.8. The Hall–Kier alpha value is -0.890. The molecule has 1 saturated heterocycles. The highest BCUT2D eigenvalue weighted by Crippen LogP contribution is 2.05. The van der Waals surface area contributed by atoms with Crippen LogP contribution in [-0.2, 0) is 19.1 Å². The van der Waals surface area contributed by atoms with Crippen LogP contribution in [0.4, 0.5) is 0 Å². The van der Waals surface area contributed by atoms with Gasteiger partial charge in [-0.1, -0.05) is 0 Å². The number of carbonyl (C=O) groups is 2. The number of nitrogens with one attached hydrogen (secondary N) is 2. The van der Waals surface area contributed by atoms with E-state index in [0.29, 0.717) is 39.4 Å². The number of methoxy groups -OCH3 is 2. The molecule has 1 rings (SSSR count). The van der Waals surface area contributed by atoms with Crippen LogP contribution in [-0.4, -0.2) is 76.4 Å². The van der Waals surface area contributed by atoms with Crippen molar-refractivity contribution in [3.63, 3.8) is 0 Å². The predicted octanol–water partition coefficient (Wildman–Crippen LogP) is -0.992. The zero-order chi connectivity index (χ0) is 14.1. The quantitative estimate of drug-likeness (QED) is 0.563. The zero-order valence-electron chi connectivity index (χ0n) is 12.0. The average Bonchev–Trinajstić information content (AvgIpc) is 2.40. The molecule has 1 heterocycles. The summed E-state index contributed by atoms with van der Waals surface area (Å²) < 4.78 is 9.81. The van der Waals surface area contributed by atoms with Crippen LogP contribution < -0.4 is 10.6 Å². The minimum atomic E-state index is -0.437. The molecule has 2 amide bonds. The molecule has 7 nitrogen and oxygen atoms in total. The van der Waals surface area contributed by atoms with Gasteiger partial charge in [0.05, 0.1) is 25.7 Å². The number of ether oxygens (including phenoxy) is 2. The summed E-state index contributed by atoms with van der Waals surface area (Å²) in [6, 6.07) is -0.437. The van der Waals surface area contributed by atoms with E-state index < -0.39 is 6.04 Å². The number of piperazine rings is 1. The Morgan fingerprint density at radius 3 is 2.75 bits per heavy atom. The van der Waals surface area contributed by atoms with Crippen molar-refractivity contribution in [2.75, 3.05) is 53.6 Å². The largest absolute Gasteiger partial charge is 0.383 e. The van der Waals surface area contributed by atoms with E-state index in [9.17, 15) is 9.59 Å². The van der Waals surface area contributed by atoms with E-state index in [1.807, 2.05) is 0 Å². The zero-order valence-corrected chi connectivity index (χ0v) is 12.8. The fraction of sp³-hybridized carbons (Fsp3) is 0.833. The van der Waals surface area contributed by atoms with Gasteiger partial charge in [0.1, 0.15) is 0 Å². The third kappa shape index (κ3) is 6.51. The molecule has 118 valence electrons. The third-order valence-corrected chi connectivity index (χ3v) is 2.97. The smallest absolute Gasteiger partial charge is 0.240 e. The molecule has 1 fully saturated rings. The SMILES string of the molecule is COCCNC(=O)CC1NCCN(CCOC)C1=O.Cl. The Morgan fingerprint density at radius 2 is 2.10 bits per heavy atom. The van der Waals surface area contributed by atoms with E-state index in [2.05, 4.69) is 10.6 Å². The molecule has 0 saturated carbocycles. The van der Waals surface area contributed by atoms with Gasteiger partial charge >= 0.3 is 0 Å². The Balaban J connectivity index is 0.00000361. The van der Waals surface area contributed by atoms with Crippen molar-refractivity contribution in [2.24, 2.45) is 0 Å². The van der Waals surface area contributed by atoms with E-state index >= 15 is 0 Å². The molecule has 2 N–H and O–H groups in total. The minimum absolute atomic E-state index is 0. The van der Waals surface area contributed by atoms with Crippen LogP contribution >= 0.6 is 12.4 Å². The lowest BCUT2D eigenvalue weighted by atomic mass is 10.1. The Morgan fingerprint density at radius 1 is 1.40 bits per heavy atom. The fourth-order valence-electron chi connectivity index (χ4n) is 1.92. The molecule has 1 aliphatic heterocycles. The normalized spacial score (nSPS) is 18.6. The molecule has 20 heavy (non-hydrogen) atoms. The van der Waals surface area contributed by atoms with E-state index in [4.69, 9.17) is 9.47 Å². The van der Waals surface area contributed by atoms with Gasteiger partial charge in [0.25, 0.3) is 0 Å². The molecule has 1 atom stereocenters. The van der Waals surface area contributed by atoms with Crippen LogP contribution in [0.1, 0.15) is 6.42 Å². The number of rotatable bonds is 8. The summed E-state index contributed by atoms with van der Waals surface area (Å²) in [6.07, 6.45) is 0.159. The highest BCUT2D eigenvalue weighted by atomic mass is 35.5. The number of carbonyl (C=O) groups excluding carboxylic acids is 2. The number of hydrogen-bond donors (Lipinski definition) is 2. The van der Waals surface area contributed by atoms with Crippen LogP contribution in [0.25, 0.3) is 0 Å². The first-order chi connectivity index (χ1) is 9.19. The monoisotopic (exact) mass is 309 g/mol. The van der Waals surface area contributed by atoms with Gasteiger partial charge in [0.2, 0.25) is 11.8 Å². The van der Waals surface area contributed by atoms with E-state index in [1.54, 1.807) is 19.1 Å². The highest BCUT2D eigenvalue weighted by molar-refractivity contribution is 5.88. The fourth-order valence-corrected chi connectivity index (χ4v) is 1.92. The first-order valence-corrected chi connectivity index (χ1v) is 6.45. The summed E-state index contributed by atoms with van der Waals surface area (Å²) >= 11 is 0. The summed E-state index contributed by atoms with van der Waals surface area (Å²) in [6.45, 7) is 3.37. The molecule has 0 radical (unpaired) electrons. The lowest BCUT2D eigenvalue weighted by molar-refractivity contribution is -0.138. The molecular formula is C12H24ClN3O4. The number of halogens is 1. The average molecular weight is 310 g/mol. The van der Waals surface area contributed by atoms with Crippen molar-refractivity contribution in [1.82, 2.24) is 15.5 Å². The summed E-state index contributed by atoms with van der Waals surface area (Å²) in [4.78, 5) is 25.5. The number of nitrogens with zero attached hydrogens (tertiary/aromatic N) is 1. The maximum atomic E-state index is 12.1. The van der Waals surface area contributed by atoms with Gasteiger partial charge in [-0.15, -0.1) is 12.4 Å². The Labute approximate surface area is 125 Å². The van der Waals surface area contributed by atoms with Gasteiger partial charge < -0.3 is 25.0 Å². The highest BCUT2D eigenvalue weighted by Gasteiger charge is 2.29. The topological polar surface area (TPSA) is 79.9 Å². The molecule has 1 aliphatic rings. The van der Waals surface area contributed by atoms with E-state index in [0.717, 1.165) is 0 Å².